The number of thioether (sulfide) groups is 1. The average molecular weight is 375 g/mol. The monoisotopic (exact) mass is 375 g/mol. The van der Waals surface area contributed by atoms with Crippen molar-refractivity contribution in [3.63, 3.8) is 0 Å². The first-order chi connectivity index (χ1) is 12.3. The zero-order valence-corrected chi connectivity index (χ0v) is 16.3. The summed E-state index contributed by atoms with van der Waals surface area (Å²) in [5, 5.41) is 8.79. The van der Waals surface area contributed by atoms with E-state index in [1.165, 1.54) is 0 Å². The maximum absolute atomic E-state index is 12.3. The Hall–Kier alpha value is -2.20. The second-order valence-electron chi connectivity index (χ2n) is 7.15. The van der Waals surface area contributed by atoms with Crippen molar-refractivity contribution < 1.29 is 14.3 Å². The van der Waals surface area contributed by atoms with Gasteiger partial charge >= 0.3 is 6.09 Å². The largest absolute Gasteiger partial charge is 0.444 e. The van der Waals surface area contributed by atoms with E-state index in [0.717, 1.165) is 11.3 Å². The number of ether oxygens (including phenoxy) is 1. The zero-order valence-electron chi connectivity index (χ0n) is 15.5. The van der Waals surface area contributed by atoms with Crippen molar-refractivity contribution in [3.05, 3.63) is 35.4 Å². The summed E-state index contributed by atoms with van der Waals surface area (Å²) in [6.45, 7) is 7.61. The molecule has 0 bridgehead atoms. The standard InChI is InChI=1S/C19H25N3O3S/c1-19(2,3)25-18(24)22-10-8-21(9-11-22)17(23)14-26-13-16-6-4-15(12-20)5-7-16/h4-7H,8-11,13-14H2,1-3H3. The highest BCUT2D eigenvalue weighted by Gasteiger charge is 2.27. The predicted octanol–water partition coefficient (Wildman–Crippen LogP) is 2.87. The van der Waals surface area contributed by atoms with Crippen LogP contribution in [-0.2, 0) is 15.3 Å². The maximum Gasteiger partial charge on any atom is 0.410 e. The van der Waals surface area contributed by atoms with E-state index in [-0.39, 0.29) is 12.0 Å². The van der Waals surface area contributed by atoms with Gasteiger partial charge in [0.15, 0.2) is 0 Å². The number of hydrogen-bond acceptors (Lipinski definition) is 5. The first kappa shape index (κ1) is 20.1. The van der Waals surface area contributed by atoms with Gasteiger partial charge in [-0.05, 0) is 38.5 Å². The summed E-state index contributed by atoms with van der Waals surface area (Å²) in [4.78, 5) is 27.8. The molecule has 26 heavy (non-hydrogen) atoms. The third-order valence-electron chi connectivity index (χ3n) is 3.86. The van der Waals surface area contributed by atoms with Gasteiger partial charge in [0.1, 0.15) is 5.60 Å². The van der Waals surface area contributed by atoms with E-state index in [1.54, 1.807) is 33.7 Å². The predicted molar refractivity (Wildman–Crippen MR) is 102 cm³/mol. The molecule has 6 nitrogen and oxygen atoms in total. The molecule has 7 heteroatoms. The molecular formula is C19H25N3O3S. The Bertz CT molecular complexity index is 669. The smallest absolute Gasteiger partial charge is 0.410 e. The first-order valence-electron chi connectivity index (χ1n) is 8.61. The molecule has 0 saturated carbocycles. The summed E-state index contributed by atoms with van der Waals surface area (Å²) in [5.41, 5.74) is 1.22. The fraction of sp³-hybridized carbons (Fsp3) is 0.526. The number of benzene rings is 1. The summed E-state index contributed by atoms with van der Waals surface area (Å²) in [5.74, 6) is 1.23. The molecule has 2 amide bonds. The number of rotatable bonds is 4. The molecule has 1 aliphatic heterocycles. The van der Waals surface area contributed by atoms with Gasteiger partial charge in [-0.15, -0.1) is 11.8 Å². The van der Waals surface area contributed by atoms with Crippen LogP contribution in [0.4, 0.5) is 4.79 Å². The number of piperazine rings is 1. The molecule has 1 fully saturated rings. The van der Waals surface area contributed by atoms with Crippen LogP contribution in [0.1, 0.15) is 31.9 Å². The molecule has 1 aromatic rings. The second kappa shape index (κ2) is 8.95. The number of carbonyl (C=O) groups is 2. The van der Waals surface area contributed by atoms with Crippen molar-refractivity contribution >= 4 is 23.8 Å². The molecule has 0 spiro atoms. The lowest BCUT2D eigenvalue weighted by molar-refractivity contribution is -0.130. The molecule has 1 aliphatic rings. The van der Waals surface area contributed by atoms with Crippen LogP contribution < -0.4 is 0 Å². The van der Waals surface area contributed by atoms with Gasteiger partial charge in [-0.25, -0.2) is 4.79 Å². The Morgan fingerprint density at radius 2 is 1.69 bits per heavy atom. The highest BCUT2D eigenvalue weighted by molar-refractivity contribution is 7.99. The van der Waals surface area contributed by atoms with E-state index in [2.05, 4.69) is 6.07 Å². The van der Waals surface area contributed by atoms with Crippen LogP contribution in [0.2, 0.25) is 0 Å². The minimum atomic E-state index is -0.508. The second-order valence-corrected chi connectivity index (χ2v) is 8.14. The molecule has 0 N–H and O–H groups in total. The third-order valence-corrected chi connectivity index (χ3v) is 4.85. The normalized spacial score (nSPS) is 14.7. The van der Waals surface area contributed by atoms with Gasteiger partial charge in [0.05, 0.1) is 17.4 Å². The molecule has 0 atom stereocenters. The molecule has 1 aromatic carbocycles. The minimum Gasteiger partial charge on any atom is -0.444 e. The van der Waals surface area contributed by atoms with Crippen LogP contribution in [0.25, 0.3) is 0 Å². The number of nitrogens with zero attached hydrogens (tertiary/aromatic N) is 3. The van der Waals surface area contributed by atoms with Crippen LogP contribution in [0.5, 0.6) is 0 Å². The van der Waals surface area contributed by atoms with Gasteiger partial charge in [0.2, 0.25) is 5.91 Å². The number of hydrogen-bond donors (Lipinski definition) is 0. The van der Waals surface area contributed by atoms with Crippen molar-refractivity contribution in [1.29, 1.82) is 5.26 Å². The summed E-state index contributed by atoms with van der Waals surface area (Å²) >= 11 is 1.56. The molecule has 1 heterocycles. The molecule has 2 rings (SSSR count). The van der Waals surface area contributed by atoms with Crippen molar-refractivity contribution in [2.24, 2.45) is 0 Å². The number of amides is 2. The fourth-order valence-electron chi connectivity index (χ4n) is 2.49. The highest BCUT2D eigenvalue weighted by Crippen LogP contribution is 2.15. The van der Waals surface area contributed by atoms with Crippen LogP contribution in [0.3, 0.4) is 0 Å². The first-order valence-corrected chi connectivity index (χ1v) is 9.76. The molecule has 0 unspecified atom stereocenters. The Morgan fingerprint density at radius 1 is 1.12 bits per heavy atom. The van der Waals surface area contributed by atoms with E-state index < -0.39 is 5.60 Å². The quantitative estimate of drug-likeness (QED) is 0.809. The van der Waals surface area contributed by atoms with Gasteiger partial charge < -0.3 is 14.5 Å². The van der Waals surface area contributed by atoms with E-state index in [1.807, 2.05) is 32.9 Å². The van der Waals surface area contributed by atoms with E-state index in [9.17, 15) is 9.59 Å². The Kier molecular flexibility index (Phi) is 6.92. The van der Waals surface area contributed by atoms with Crippen LogP contribution in [0, 0.1) is 11.3 Å². The summed E-state index contributed by atoms with van der Waals surface area (Å²) in [7, 11) is 0. The van der Waals surface area contributed by atoms with Crippen molar-refractivity contribution in [2.45, 2.75) is 32.1 Å². The van der Waals surface area contributed by atoms with Crippen LogP contribution in [0.15, 0.2) is 24.3 Å². The summed E-state index contributed by atoms with van der Waals surface area (Å²) in [6, 6.07) is 9.49. The number of nitriles is 1. The summed E-state index contributed by atoms with van der Waals surface area (Å²) in [6.07, 6.45) is -0.320. The molecule has 0 aromatic heterocycles. The van der Waals surface area contributed by atoms with Gasteiger partial charge in [-0.3, -0.25) is 4.79 Å². The molecule has 1 saturated heterocycles. The fourth-order valence-corrected chi connectivity index (χ4v) is 3.38. The van der Waals surface area contributed by atoms with E-state index in [0.29, 0.717) is 37.5 Å². The Morgan fingerprint density at radius 3 is 2.23 bits per heavy atom. The Labute approximate surface area is 159 Å². The third kappa shape index (κ3) is 6.26. The molecule has 0 aliphatic carbocycles. The van der Waals surface area contributed by atoms with Crippen LogP contribution >= 0.6 is 11.8 Å². The van der Waals surface area contributed by atoms with Crippen LogP contribution in [-0.4, -0.2) is 59.3 Å². The van der Waals surface area contributed by atoms with Gasteiger partial charge in [0, 0.05) is 31.9 Å². The minimum absolute atomic E-state index is 0.0903. The van der Waals surface area contributed by atoms with Gasteiger partial charge in [-0.2, -0.15) is 5.26 Å². The Balaban J connectivity index is 1.71. The average Bonchev–Trinajstić information content (AvgIpc) is 2.61. The van der Waals surface area contributed by atoms with Crippen molar-refractivity contribution in [3.8, 4) is 6.07 Å². The SMILES string of the molecule is CC(C)(C)OC(=O)N1CCN(C(=O)CSCc2ccc(C#N)cc2)CC1. The van der Waals surface area contributed by atoms with Gasteiger partial charge in [-0.1, -0.05) is 12.1 Å². The summed E-state index contributed by atoms with van der Waals surface area (Å²) < 4.78 is 5.36. The van der Waals surface area contributed by atoms with Crippen molar-refractivity contribution in [1.82, 2.24) is 9.80 Å². The molecular weight excluding hydrogens is 350 g/mol. The zero-order chi connectivity index (χ0) is 19.2. The van der Waals surface area contributed by atoms with Crippen molar-refractivity contribution in [2.75, 3.05) is 31.9 Å². The maximum atomic E-state index is 12.3. The molecule has 0 radical (unpaired) electrons. The van der Waals surface area contributed by atoms with Gasteiger partial charge in [0.25, 0.3) is 0 Å². The lowest BCUT2D eigenvalue weighted by Crippen LogP contribution is -2.52. The van der Waals surface area contributed by atoms with E-state index >= 15 is 0 Å². The topological polar surface area (TPSA) is 73.6 Å². The lowest BCUT2D eigenvalue weighted by atomic mass is 10.2. The lowest BCUT2D eigenvalue weighted by Gasteiger charge is -2.35. The highest BCUT2D eigenvalue weighted by atomic mass is 32.2. The molecule has 140 valence electrons. The van der Waals surface area contributed by atoms with E-state index in [4.69, 9.17) is 10.00 Å². The number of carbonyl (C=O) groups excluding carboxylic acids is 2.